The van der Waals surface area contributed by atoms with Gasteiger partial charge in [0, 0.05) is 5.56 Å². The summed E-state index contributed by atoms with van der Waals surface area (Å²) in [6.45, 7) is 5.38. The second-order valence-corrected chi connectivity index (χ2v) is 4.87. The molecule has 0 radical (unpaired) electrons. The molecule has 5 heteroatoms. The highest BCUT2D eigenvalue weighted by molar-refractivity contribution is 5.53. The Bertz CT molecular complexity index is 761. The lowest BCUT2D eigenvalue weighted by Gasteiger charge is -2.11. The van der Waals surface area contributed by atoms with E-state index >= 15 is 0 Å². The van der Waals surface area contributed by atoms with Gasteiger partial charge in [0.15, 0.2) is 0 Å². The minimum absolute atomic E-state index is 0.00163. The molecule has 0 saturated heterocycles. The maximum Gasteiger partial charge on any atom is 0.276 e. The quantitative estimate of drug-likeness (QED) is 0.625. The van der Waals surface area contributed by atoms with Gasteiger partial charge in [-0.1, -0.05) is 6.07 Å². The molecule has 0 fully saturated rings. The van der Waals surface area contributed by atoms with Gasteiger partial charge in [-0.05, 0) is 50.1 Å². The predicted octanol–water partition coefficient (Wildman–Crippen LogP) is 4.18. The van der Waals surface area contributed by atoms with Crippen molar-refractivity contribution in [1.29, 1.82) is 5.26 Å². The van der Waals surface area contributed by atoms with E-state index in [0.29, 0.717) is 22.6 Å². The molecule has 0 N–H and O–H groups in total. The fourth-order valence-electron chi connectivity index (χ4n) is 2.05. The van der Waals surface area contributed by atoms with E-state index in [0.717, 1.165) is 11.1 Å². The zero-order chi connectivity index (χ0) is 15.6. The number of nitro groups is 1. The lowest BCUT2D eigenvalue weighted by molar-refractivity contribution is -0.385. The first-order chi connectivity index (χ1) is 9.92. The van der Waals surface area contributed by atoms with Crippen LogP contribution in [0.15, 0.2) is 30.3 Å². The third-order valence-electron chi connectivity index (χ3n) is 3.17. The normalized spacial score (nSPS) is 10.0. The zero-order valence-electron chi connectivity index (χ0n) is 12.0. The highest BCUT2D eigenvalue weighted by Crippen LogP contribution is 2.33. The lowest BCUT2D eigenvalue weighted by atomic mass is 10.1. The maximum absolute atomic E-state index is 11.0. The second kappa shape index (κ2) is 5.63. The minimum atomic E-state index is -0.441. The topological polar surface area (TPSA) is 76.2 Å². The number of nitrogens with zero attached hydrogens (tertiary/aromatic N) is 2. The molecule has 21 heavy (non-hydrogen) atoms. The van der Waals surface area contributed by atoms with Gasteiger partial charge in [-0.2, -0.15) is 5.26 Å². The fraction of sp³-hybridized carbons (Fsp3) is 0.188. The van der Waals surface area contributed by atoms with Crippen molar-refractivity contribution in [3.05, 3.63) is 62.7 Å². The van der Waals surface area contributed by atoms with Crippen LogP contribution in [0.4, 0.5) is 5.69 Å². The summed E-state index contributed by atoms with van der Waals surface area (Å²) in [7, 11) is 0. The largest absolute Gasteiger partial charge is 0.455 e. The molecule has 0 aliphatic rings. The van der Waals surface area contributed by atoms with Crippen LogP contribution >= 0.6 is 0 Å². The molecule has 0 aliphatic heterocycles. The summed E-state index contributed by atoms with van der Waals surface area (Å²) >= 11 is 0. The molecule has 0 aromatic heterocycles. The summed E-state index contributed by atoms with van der Waals surface area (Å²) in [5.41, 5.74) is 2.70. The molecule has 5 nitrogen and oxygen atoms in total. The van der Waals surface area contributed by atoms with Crippen molar-refractivity contribution in [1.82, 2.24) is 0 Å². The molecule has 0 spiro atoms. The zero-order valence-corrected chi connectivity index (χ0v) is 12.0. The number of hydrogen-bond donors (Lipinski definition) is 0. The van der Waals surface area contributed by atoms with E-state index in [4.69, 9.17) is 10.00 Å². The lowest BCUT2D eigenvalue weighted by Crippen LogP contribution is -1.96. The van der Waals surface area contributed by atoms with Crippen molar-refractivity contribution in [2.45, 2.75) is 20.8 Å². The van der Waals surface area contributed by atoms with Crippen molar-refractivity contribution in [2.24, 2.45) is 0 Å². The van der Waals surface area contributed by atoms with Gasteiger partial charge < -0.3 is 4.74 Å². The first-order valence-electron chi connectivity index (χ1n) is 6.36. The van der Waals surface area contributed by atoms with E-state index in [-0.39, 0.29) is 5.69 Å². The Morgan fingerprint density at radius 3 is 2.43 bits per heavy atom. The van der Waals surface area contributed by atoms with Gasteiger partial charge in [0.1, 0.15) is 17.6 Å². The Hall–Kier alpha value is -2.87. The summed E-state index contributed by atoms with van der Waals surface area (Å²) in [4.78, 5) is 10.6. The van der Waals surface area contributed by atoms with Gasteiger partial charge in [-0.3, -0.25) is 10.1 Å². The summed E-state index contributed by atoms with van der Waals surface area (Å²) < 4.78 is 5.73. The van der Waals surface area contributed by atoms with Crippen molar-refractivity contribution < 1.29 is 9.66 Å². The molecule has 0 unspecified atom stereocenters. The van der Waals surface area contributed by atoms with E-state index in [1.807, 2.05) is 19.9 Å². The molecule has 0 amide bonds. The van der Waals surface area contributed by atoms with Gasteiger partial charge >= 0.3 is 0 Å². The summed E-state index contributed by atoms with van der Waals surface area (Å²) in [5, 5.41) is 20.1. The van der Waals surface area contributed by atoms with Gasteiger partial charge in [-0.15, -0.1) is 0 Å². The van der Waals surface area contributed by atoms with Crippen LogP contribution in [0.25, 0.3) is 0 Å². The summed E-state index contributed by atoms with van der Waals surface area (Å²) in [6, 6.07) is 10.4. The number of nitro benzene ring substituents is 1. The van der Waals surface area contributed by atoms with E-state index in [9.17, 15) is 10.1 Å². The fourth-order valence-corrected chi connectivity index (χ4v) is 2.05. The van der Waals surface area contributed by atoms with E-state index < -0.39 is 4.92 Å². The highest BCUT2D eigenvalue weighted by atomic mass is 16.6. The van der Waals surface area contributed by atoms with Crippen LogP contribution in [0.3, 0.4) is 0 Å². The smallest absolute Gasteiger partial charge is 0.276 e. The molecule has 2 rings (SSSR count). The molecule has 0 saturated carbocycles. The number of rotatable bonds is 3. The molecule has 0 heterocycles. The van der Waals surface area contributed by atoms with Gasteiger partial charge in [0.05, 0.1) is 16.6 Å². The van der Waals surface area contributed by atoms with Crippen LogP contribution in [-0.4, -0.2) is 4.92 Å². The Morgan fingerprint density at radius 1 is 1.10 bits per heavy atom. The van der Waals surface area contributed by atoms with Crippen LogP contribution in [0, 0.1) is 42.2 Å². The van der Waals surface area contributed by atoms with Crippen LogP contribution in [0.2, 0.25) is 0 Å². The summed E-state index contributed by atoms with van der Waals surface area (Å²) in [5.74, 6) is 0.785. The van der Waals surface area contributed by atoms with Crippen molar-refractivity contribution in [2.75, 3.05) is 0 Å². The van der Waals surface area contributed by atoms with Crippen LogP contribution in [0.1, 0.15) is 22.3 Å². The molecule has 106 valence electrons. The Balaban J connectivity index is 2.50. The number of aryl methyl sites for hydroxylation is 3. The van der Waals surface area contributed by atoms with Crippen molar-refractivity contribution in [3.8, 4) is 17.6 Å². The Labute approximate surface area is 122 Å². The maximum atomic E-state index is 11.0. The second-order valence-electron chi connectivity index (χ2n) is 4.87. The minimum Gasteiger partial charge on any atom is -0.455 e. The van der Waals surface area contributed by atoms with Gasteiger partial charge in [-0.25, -0.2) is 0 Å². The molecule has 0 atom stereocenters. The predicted molar refractivity (Wildman–Crippen MR) is 78.5 cm³/mol. The number of hydrogen-bond acceptors (Lipinski definition) is 4. The standard InChI is InChI=1S/C16H14N2O3/c1-10-4-5-13(9-17)16(6-10)21-15-8-14(18(19)20)11(2)7-12(15)3/h4-8H,1-3H3. The molecule has 0 bridgehead atoms. The van der Waals surface area contributed by atoms with E-state index in [1.54, 1.807) is 25.1 Å². The monoisotopic (exact) mass is 282 g/mol. The van der Waals surface area contributed by atoms with Crippen LogP contribution in [0.5, 0.6) is 11.5 Å². The summed E-state index contributed by atoms with van der Waals surface area (Å²) in [6.07, 6.45) is 0. The molecule has 0 aliphatic carbocycles. The van der Waals surface area contributed by atoms with Crippen LogP contribution in [-0.2, 0) is 0 Å². The number of nitriles is 1. The third kappa shape index (κ3) is 3.00. The number of ether oxygens (including phenoxy) is 1. The third-order valence-corrected chi connectivity index (χ3v) is 3.17. The van der Waals surface area contributed by atoms with E-state index in [2.05, 4.69) is 6.07 Å². The first-order valence-corrected chi connectivity index (χ1v) is 6.36. The number of benzene rings is 2. The SMILES string of the molecule is Cc1ccc(C#N)c(Oc2cc([N+](=O)[O-])c(C)cc2C)c1. The Kier molecular flexibility index (Phi) is 3.90. The molecular formula is C16H14N2O3. The molecule has 2 aromatic carbocycles. The van der Waals surface area contributed by atoms with Crippen molar-refractivity contribution in [3.63, 3.8) is 0 Å². The Morgan fingerprint density at radius 2 is 1.81 bits per heavy atom. The van der Waals surface area contributed by atoms with Gasteiger partial charge in [0.2, 0.25) is 0 Å². The van der Waals surface area contributed by atoms with E-state index in [1.165, 1.54) is 6.07 Å². The molecular weight excluding hydrogens is 268 g/mol. The van der Waals surface area contributed by atoms with Gasteiger partial charge in [0.25, 0.3) is 5.69 Å². The first kappa shape index (κ1) is 14.5. The van der Waals surface area contributed by atoms with Crippen molar-refractivity contribution >= 4 is 5.69 Å². The van der Waals surface area contributed by atoms with Crippen LogP contribution < -0.4 is 4.74 Å². The molecule has 2 aromatic rings. The average Bonchev–Trinajstić information content (AvgIpc) is 2.41. The average molecular weight is 282 g/mol. The highest BCUT2D eigenvalue weighted by Gasteiger charge is 2.16.